The number of anilines is 5. The molecule has 0 radical (unpaired) electrons. The van der Waals surface area contributed by atoms with Gasteiger partial charge in [-0.15, -0.1) is 0 Å². The number of hydrogen-bond acceptors (Lipinski definition) is 5. The van der Waals surface area contributed by atoms with Gasteiger partial charge in [0, 0.05) is 64.0 Å². The molecular weight excluding hydrogens is 429 g/mol. The van der Waals surface area contributed by atoms with Crippen LogP contribution < -0.4 is 16.0 Å². The molecule has 3 aromatic carbocycles. The Morgan fingerprint density at radius 1 is 0.706 bits per heavy atom. The van der Waals surface area contributed by atoms with E-state index in [-0.39, 0.29) is 11.7 Å². The summed E-state index contributed by atoms with van der Waals surface area (Å²) in [4.78, 5) is 21.0. The molecule has 6 nitrogen and oxygen atoms in total. The number of nitrogens with one attached hydrogen (secondary N) is 3. The number of hydrogen-bond donors (Lipinski definition) is 3. The normalized spacial score (nSPS) is 10.6. The van der Waals surface area contributed by atoms with Crippen LogP contribution in [0.5, 0.6) is 0 Å². The molecule has 1 amide bonds. The van der Waals surface area contributed by atoms with Crippen molar-refractivity contribution in [1.29, 1.82) is 0 Å². The van der Waals surface area contributed by atoms with E-state index in [2.05, 4.69) is 25.9 Å². The molecule has 0 bridgehead atoms. The molecule has 0 atom stereocenters. The molecule has 2 heterocycles. The zero-order valence-electron chi connectivity index (χ0n) is 18.0. The van der Waals surface area contributed by atoms with Crippen LogP contribution in [0.4, 0.5) is 32.8 Å². The lowest BCUT2D eigenvalue weighted by atomic mass is 10.1. The summed E-state index contributed by atoms with van der Waals surface area (Å²) in [6.45, 7) is 0. The van der Waals surface area contributed by atoms with Crippen LogP contribution in [0.3, 0.4) is 0 Å². The lowest BCUT2D eigenvalue weighted by Gasteiger charge is -2.12. The fourth-order valence-electron chi connectivity index (χ4n) is 3.57. The zero-order valence-corrected chi connectivity index (χ0v) is 18.0. The van der Waals surface area contributed by atoms with Gasteiger partial charge >= 0.3 is 0 Å². The van der Waals surface area contributed by atoms with Gasteiger partial charge in [0.1, 0.15) is 5.82 Å². The molecule has 0 aliphatic rings. The third-order valence-corrected chi connectivity index (χ3v) is 5.22. The van der Waals surface area contributed by atoms with Gasteiger partial charge in [0.15, 0.2) is 0 Å². The van der Waals surface area contributed by atoms with E-state index in [9.17, 15) is 9.18 Å². The van der Waals surface area contributed by atoms with E-state index in [0.717, 1.165) is 28.1 Å². The van der Waals surface area contributed by atoms with Gasteiger partial charge in [0.2, 0.25) is 0 Å². The van der Waals surface area contributed by atoms with Gasteiger partial charge < -0.3 is 16.0 Å². The summed E-state index contributed by atoms with van der Waals surface area (Å²) in [6.07, 6.45) is 5.06. The SMILES string of the molecule is O=C(Nc1ccc(Nc2ccncc2)cc1)c1cccc(Nc2ccnc3cc(F)ccc23)c1. The highest BCUT2D eigenvalue weighted by Gasteiger charge is 2.09. The van der Waals surface area contributed by atoms with Crippen LogP contribution in [-0.4, -0.2) is 15.9 Å². The van der Waals surface area contributed by atoms with Crippen LogP contribution in [0, 0.1) is 5.82 Å². The summed E-state index contributed by atoms with van der Waals surface area (Å²) in [5, 5.41) is 10.3. The van der Waals surface area contributed by atoms with Crippen molar-refractivity contribution in [2.75, 3.05) is 16.0 Å². The van der Waals surface area contributed by atoms with Gasteiger partial charge in [-0.2, -0.15) is 0 Å². The van der Waals surface area contributed by atoms with E-state index in [1.807, 2.05) is 54.6 Å². The van der Waals surface area contributed by atoms with Crippen LogP contribution in [-0.2, 0) is 0 Å². The standard InChI is InChI=1S/C27H20FN5O/c28-19-4-9-24-25(12-15-30-26(24)17-19)32-23-3-1-2-18(16-23)27(34)33-21-7-5-20(6-8-21)31-22-10-13-29-14-11-22/h1-17H,(H,29,31)(H,30,32)(H,33,34). The van der Waals surface area contributed by atoms with E-state index < -0.39 is 0 Å². The minimum atomic E-state index is -0.336. The largest absolute Gasteiger partial charge is 0.355 e. The lowest BCUT2D eigenvalue weighted by Crippen LogP contribution is -2.12. The average Bonchev–Trinajstić information content (AvgIpc) is 2.86. The number of carbonyl (C=O) groups is 1. The second-order valence-corrected chi connectivity index (χ2v) is 7.62. The Labute approximate surface area is 195 Å². The van der Waals surface area contributed by atoms with E-state index in [1.54, 1.807) is 36.8 Å². The maximum Gasteiger partial charge on any atom is 0.255 e. The van der Waals surface area contributed by atoms with E-state index in [1.165, 1.54) is 12.1 Å². The Bertz CT molecular complexity index is 1460. The third kappa shape index (κ3) is 4.83. The highest BCUT2D eigenvalue weighted by Crippen LogP contribution is 2.26. The van der Waals surface area contributed by atoms with Crippen LogP contribution >= 0.6 is 0 Å². The molecule has 0 unspecified atom stereocenters. The minimum absolute atomic E-state index is 0.222. The predicted octanol–water partition coefficient (Wildman–Crippen LogP) is 6.51. The van der Waals surface area contributed by atoms with Crippen LogP contribution in [0.15, 0.2) is 104 Å². The summed E-state index contributed by atoms with van der Waals surface area (Å²) in [5.74, 6) is -0.558. The highest BCUT2D eigenvalue weighted by molar-refractivity contribution is 6.05. The smallest absolute Gasteiger partial charge is 0.255 e. The third-order valence-electron chi connectivity index (χ3n) is 5.22. The molecule has 5 rings (SSSR count). The molecule has 34 heavy (non-hydrogen) atoms. The maximum atomic E-state index is 13.5. The van der Waals surface area contributed by atoms with Crippen molar-refractivity contribution in [3.63, 3.8) is 0 Å². The summed E-state index contributed by atoms with van der Waals surface area (Å²) in [7, 11) is 0. The highest BCUT2D eigenvalue weighted by atomic mass is 19.1. The summed E-state index contributed by atoms with van der Waals surface area (Å²) >= 11 is 0. The number of pyridine rings is 2. The van der Waals surface area contributed by atoms with Crippen molar-refractivity contribution in [3.05, 3.63) is 115 Å². The van der Waals surface area contributed by atoms with Crippen LogP contribution in [0.2, 0.25) is 0 Å². The number of carbonyl (C=O) groups excluding carboxylic acids is 1. The van der Waals surface area contributed by atoms with Crippen molar-refractivity contribution < 1.29 is 9.18 Å². The molecule has 0 saturated heterocycles. The van der Waals surface area contributed by atoms with Crippen molar-refractivity contribution in [1.82, 2.24) is 9.97 Å². The first-order valence-electron chi connectivity index (χ1n) is 10.6. The quantitative estimate of drug-likeness (QED) is 0.275. The number of nitrogens with zero attached hydrogens (tertiary/aromatic N) is 2. The fourth-order valence-corrected chi connectivity index (χ4v) is 3.57. The van der Waals surface area contributed by atoms with Crippen LogP contribution in [0.1, 0.15) is 10.4 Å². The van der Waals surface area contributed by atoms with Crippen molar-refractivity contribution in [2.45, 2.75) is 0 Å². The van der Waals surface area contributed by atoms with E-state index in [4.69, 9.17) is 0 Å². The van der Waals surface area contributed by atoms with Gasteiger partial charge in [-0.1, -0.05) is 6.07 Å². The molecule has 0 spiro atoms. The molecule has 0 fully saturated rings. The molecule has 2 aromatic heterocycles. The maximum absolute atomic E-state index is 13.5. The van der Waals surface area contributed by atoms with Crippen molar-refractivity contribution in [3.8, 4) is 0 Å². The number of fused-ring (bicyclic) bond motifs is 1. The molecule has 7 heteroatoms. The monoisotopic (exact) mass is 449 g/mol. The summed E-state index contributed by atoms with van der Waals surface area (Å²) in [5.41, 5.74) is 5.10. The number of aromatic nitrogens is 2. The molecule has 0 aliphatic carbocycles. The van der Waals surface area contributed by atoms with Gasteiger partial charge in [0.25, 0.3) is 5.91 Å². The molecule has 0 saturated carbocycles. The van der Waals surface area contributed by atoms with Gasteiger partial charge in [-0.25, -0.2) is 4.39 Å². The second kappa shape index (κ2) is 9.38. The first-order chi connectivity index (χ1) is 16.6. The van der Waals surface area contributed by atoms with E-state index >= 15 is 0 Å². The lowest BCUT2D eigenvalue weighted by molar-refractivity contribution is 0.102. The predicted molar refractivity (Wildman–Crippen MR) is 133 cm³/mol. The second-order valence-electron chi connectivity index (χ2n) is 7.62. The molecule has 166 valence electrons. The molecule has 0 aliphatic heterocycles. The van der Waals surface area contributed by atoms with Gasteiger partial charge in [-0.3, -0.25) is 14.8 Å². The van der Waals surface area contributed by atoms with Gasteiger partial charge in [-0.05, 0) is 72.8 Å². The van der Waals surface area contributed by atoms with Crippen LogP contribution in [0.25, 0.3) is 10.9 Å². The topological polar surface area (TPSA) is 78.9 Å². The van der Waals surface area contributed by atoms with Gasteiger partial charge in [0.05, 0.1) is 5.52 Å². The Morgan fingerprint density at radius 2 is 1.47 bits per heavy atom. The first-order valence-corrected chi connectivity index (χ1v) is 10.6. The number of halogens is 1. The Balaban J connectivity index is 1.28. The Kier molecular flexibility index (Phi) is 5.82. The first kappa shape index (κ1) is 21.1. The molecule has 5 aromatic rings. The molecular formula is C27H20FN5O. The minimum Gasteiger partial charge on any atom is -0.355 e. The Hall–Kier alpha value is -4.78. The van der Waals surface area contributed by atoms with Crippen molar-refractivity contribution >= 4 is 45.2 Å². The summed E-state index contributed by atoms with van der Waals surface area (Å²) in [6, 6.07) is 24.7. The van der Waals surface area contributed by atoms with Crippen molar-refractivity contribution in [2.24, 2.45) is 0 Å². The zero-order chi connectivity index (χ0) is 23.3. The molecule has 3 N–H and O–H groups in total. The van der Waals surface area contributed by atoms with E-state index in [0.29, 0.717) is 16.8 Å². The average molecular weight is 449 g/mol. The Morgan fingerprint density at radius 3 is 2.29 bits per heavy atom. The summed E-state index contributed by atoms with van der Waals surface area (Å²) < 4.78 is 13.5. The fraction of sp³-hybridized carbons (Fsp3) is 0. The number of rotatable bonds is 6. The number of benzene rings is 3. The number of amides is 1.